The number of carboxylic acids is 1. The van der Waals surface area contributed by atoms with Crippen molar-refractivity contribution < 1.29 is 19.8 Å². The van der Waals surface area contributed by atoms with Crippen molar-refractivity contribution in [1.82, 2.24) is 0 Å². The van der Waals surface area contributed by atoms with Gasteiger partial charge in [0, 0.05) is 17.4 Å². The number of rotatable bonds is 5. The SMILES string of the molecule is C/C(=C/C(O)C[C@@H](C)[C@H]1CC[C@@]2(C)[C@@H]3CC[C@H]4C(C)(C)C(=O)CC[C@@]45C[C@@]35CC[C@]12C)C(=O)O. The molecule has 0 aromatic carbocycles. The fourth-order valence-corrected chi connectivity index (χ4v) is 11.1. The molecule has 0 aliphatic heterocycles. The number of carbonyl (C=O) groups excluding carboxylic acids is 1. The second-order valence-corrected chi connectivity index (χ2v) is 14.2. The Morgan fingerprint density at radius 3 is 2.32 bits per heavy atom. The number of fused-ring (bicyclic) bond motifs is 2. The van der Waals surface area contributed by atoms with Gasteiger partial charge in [-0.3, -0.25) is 4.79 Å². The Morgan fingerprint density at radius 1 is 1.00 bits per heavy atom. The zero-order chi connectivity index (χ0) is 24.9. The number of aliphatic hydroxyl groups is 1. The van der Waals surface area contributed by atoms with Crippen molar-refractivity contribution in [2.75, 3.05) is 0 Å². The number of carboxylic acid groups (broad SMARTS) is 1. The van der Waals surface area contributed by atoms with Crippen molar-refractivity contribution in [3.8, 4) is 0 Å². The van der Waals surface area contributed by atoms with Crippen LogP contribution >= 0.6 is 0 Å². The van der Waals surface area contributed by atoms with Crippen molar-refractivity contribution in [3.63, 3.8) is 0 Å². The van der Waals surface area contributed by atoms with E-state index in [2.05, 4.69) is 34.6 Å². The molecule has 5 aliphatic rings. The Kier molecular flexibility index (Phi) is 5.36. The summed E-state index contributed by atoms with van der Waals surface area (Å²) in [5, 5.41) is 19.8. The fraction of sp³-hybridized carbons (Fsp3) is 0.867. The van der Waals surface area contributed by atoms with Crippen LogP contribution in [0.15, 0.2) is 11.6 Å². The lowest BCUT2D eigenvalue weighted by molar-refractivity contribution is -0.157. The van der Waals surface area contributed by atoms with Crippen LogP contribution in [0.5, 0.6) is 0 Å². The van der Waals surface area contributed by atoms with E-state index in [1.165, 1.54) is 51.0 Å². The maximum Gasteiger partial charge on any atom is 0.331 e. The third kappa shape index (κ3) is 2.93. The number of carbonyl (C=O) groups is 2. The van der Waals surface area contributed by atoms with Crippen LogP contribution in [0.4, 0.5) is 0 Å². The Balaban J connectivity index is 1.38. The third-order valence-electron chi connectivity index (χ3n) is 13.0. The van der Waals surface area contributed by atoms with E-state index in [-0.39, 0.29) is 16.4 Å². The first-order valence-corrected chi connectivity index (χ1v) is 13.9. The largest absolute Gasteiger partial charge is 0.478 e. The standard InChI is InChI=1S/C30H46O4/c1-18(15-20(31)16-19(2)25(33)34)21-9-11-28(6)23-8-7-22-26(3,4)24(32)10-12-29(22)17-30(23,29)14-13-27(21,28)5/h16,18,20-23,31H,7-15,17H2,1-6H3,(H,33,34)/b19-16-/t18-,20?,21-,22+,23+,27-,28+,29-,30+/m1/s1. The second kappa shape index (κ2) is 7.43. The molecule has 5 fully saturated rings. The minimum atomic E-state index is -0.953. The Morgan fingerprint density at radius 2 is 1.65 bits per heavy atom. The lowest BCUT2D eigenvalue weighted by Crippen LogP contribution is -2.57. The van der Waals surface area contributed by atoms with E-state index in [0.29, 0.717) is 46.2 Å². The summed E-state index contributed by atoms with van der Waals surface area (Å²) < 4.78 is 0. The summed E-state index contributed by atoms with van der Waals surface area (Å²) in [7, 11) is 0. The molecule has 5 saturated carbocycles. The van der Waals surface area contributed by atoms with Crippen LogP contribution in [0.3, 0.4) is 0 Å². The molecule has 0 amide bonds. The van der Waals surface area contributed by atoms with Crippen LogP contribution in [0.25, 0.3) is 0 Å². The fourth-order valence-electron chi connectivity index (χ4n) is 11.1. The van der Waals surface area contributed by atoms with Crippen LogP contribution in [0.1, 0.15) is 106 Å². The second-order valence-electron chi connectivity index (χ2n) is 14.2. The first kappa shape index (κ1) is 24.5. The van der Waals surface area contributed by atoms with E-state index in [0.717, 1.165) is 18.8 Å². The molecule has 0 saturated heterocycles. The van der Waals surface area contributed by atoms with Gasteiger partial charge in [-0.1, -0.05) is 34.6 Å². The van der Waals surface area contributed by atoms with E-state index >= 15 is 0 Å². The van der Waals surface area contributed by atoms with Gasteiger partial charge < -0.3 is 10.2 Å². The molecular weight excluding hydrogens is 424 g/mol. The van der Waals surface area contributed by atoms with E-state index in [1.807, 2.05) is 0 Å². The highest BCUT2D eigenvalue weighted by atomic mass is 16.4. The topological polar surface area (TPSA) is 74.6 Å². The lowest BCUT2D eigenvalue weighted by atomic mass is 9.42. The average Bonchev–Trinajstić information content (AvgIpc) is 3.33. The lowest BCUT2D eigenvalue weighted by Gasteiger charge is -2.62. The van der Waals surface area contributed by atoms with E-state index in [9.17, 15) is 19.8 Å². The molecule has 0 radical (unpaired) electrons. The molecule has 34 heavy (non-hydrogen) atoms. The van der Waals surface area contributed by atoms with Gasteiger partial charge in [0.05, 0.1) is 6.10 Å². The minimum absolute atomic E-state index is 0.154. The number of ketones is 1. The summed E-state index contributed by atoms with van der Waals surface area (Å²) in [6, 6.07) is 0. The zero-order valence-electron chi connectivity index (χ0n) is 22.2. The molecule has 0 heterocycles. The Hall–Kier alpha value is -1.16. The molecule has 190 valence electrons. The number of hydrogen-bond acceptors (Lipinski definition) is 3. The highest BCUT2D eigenvalue weighted by molar-refractivity contribution is 5.86. The summed E-state index contributed by atoms with van der Waals surface area (Å²) in [6.07, 6.45) is 12.3. The van der Waals surface area contributed by atoms with Crippen molar-refractivity contribution >= 4 is 11.8 Å². The molecule has 4 nitrogen and oxygen atoms in total. The van der Waals surface area contributed by atoms with E-state index in [1.54, 1.807) is 6.92 Å². The molecule has 9 atom stereocenters. The molecular formula is C30H46O4. The number of aliphatic carboxylic acids is 1. The smallest absolute Gasteiger partial charge is 0.331 e. The maximum absolute atomic E-state index is 12.8. The van der Waals surface area contributed by atoms with Gasteiger partial charge in [-0.25, -0.2) is 4.79 Å². The number of hydrogen-bond donors (Lipinski definition) is 2. The van der Waals surface area contributed by atoms with E-state index < -0.39 is 12.1 Å². The molecule has 2 spiro atoms. The summed E-state index contributed by atoms with van der Waals surface area (Å²) in [5.74, 6) is 1.81. The van der Waals surface area contributed by atoms with E-state index in [4.69, 9.17) is 0 Å². The Labute approximate surface area is 206 Å². The quantitative estimate of drug-likeness (QED) is 0.455. The van der Waals surface area contributed by atoms with Gasteiger partial charge >= 0.3 is 5.97 Å². The number of Topliss-reactive ketones (excluding diaryl/α,β-unsaturated/α-hetero) is 1. The normalized spacial score (nSPS) is 48.7. The highest BCUT2D eigenvalue weighted by Crippen LogP contribution is 2.88. The van der Waals surface area contributed by atoms with Crippen LogP contribution < -0.4 is 0 Å². The predicted molar refractivity (Wildman–Crippen MR) is 133 cm³/mol. The highest BCUT2D eigenvalue weighted by Gasteiger charge is 2.82. The monoisotopic (exact) mass is 470 g/mol. The first-order valence-electron chi connectivity index (χ1n) is 13.9. The molecule has 0 aromatic heterocycles. The minimum Gasteiger partial charge on any atom is -0.478 e. The van der Waals surface area contributed by atoms with Crippen molar-refractivity contribution in [1.29, 1.82) is 0 Å². The van der Waals surface area contributed by atoms with Crippen LogP contribution in [-0.2, 0) is 9.59 Å². The average molecular weight is 471 g/mol. The van der Waals surface area contributed by atoms with Crippen LogP contribution in [0.2, 0.25) is 0 Å². The van der Waals surface area contributed by atoms with Gasteiger partial charge in [0.25, 0.3) is 0 Å². The van der Waals surface area contributed by atoms with Crippen molar-refractivity contribution in [2.24, 2.45) is 50.7 Å². The summed E-state index contributed by atoms with van der Waals surface area (Å²) in [5.41, 5.74) is 1.54. The van der Waals surface area contributed by atoms with Gasteiger partial charge in [-0.2, -0.15) is 0 Å². The Bertz CT molecular complexity index is 934. The third-order valence-corrected chi connectivity index (χ3v) is 13.0. The van der Waals surface area contributed by atoms with Gasteiger partial charge in [0.2, 0.25) is 0 Å². The van der Waals surface area contributed by atoms with Crippen LogP contribution in [0, 0.1) is 50.7 Å². The summed E-state index contributed by atoms with van der Waals surface area (Å²) in [4.78, 5) is 24.0. The van der Waals surface area contributed by atoms with Crippen molar-refractivity contribution in [2.45, 2.75) is 112 Å². The first-order chi connectivity index (χ1) is 15.8. The molecule has 2 N–H and O–H groups in total. The van der Waals surface area contributed by atoms with Crippen LogP contribution in [-0.4, -0.2) is 28.1 Å². The van der Waals surface area contributed by atoms with Crippen molar-refractivity contribution in [3.05, 3.63) is 11.6 Å². The number of aliphatic hydroxyl groups excluding tert-OH is 1. The maximum atomic E-state index is 12.8. The molecule has 0 bridgehead atoms. The van der Waals surface area contributed by atoms with Gasteiger partial charge in [0.1, 0.15) is 5.78 Å². The van der Waals surface area contributed by atoms with Gasteiger partial charge in [-0.15, -0.1) is 0 Å². The summed E-state index contributed by atoms with van der Waals surface area (Å²) >= 11 is 0. The molecule has 5 aliphatic carbocycles. The predicted octanol–water partition coefficient (Wildman–Crippen LogP) is 6.41. The molecule has 5 rings (SSSR count). The molecule has 0 aromatic rings. The van der Waals surface area contributed by atoms with Gasteiger partial charge in [0.15, 0.2) is 0 Å². The summed E-state index contributed by atoms with van der Waals surface area (Å²) in [6.45, 7) is 13.5. The van der Waals surface area contributed by atoms with Gasteiger partial charge in [-0.05, 0) is 116 Å². The zero-order valence-corrected chi connectivity index (χ0v) is 22.2. The molecule has 1 unspecified atom stereocenters. The molecule has 4 heteroatoms.